The van der Waals surface area contributed by atoms with E-state index in [-0.39, 0.29) is 5.97 Å². The van der Waals surface area contributed by atoms with Crippen LogP contribution in [0.1, 0.15) is 51.9 Å². The first kappa shape index (κ1) is 13.0. The SMILES string of the molecule is COC(=O)C(C)(Br)CC12CC3CC(CC(C3)C1)C2. The number of esters is 1. The second-order valence-electron chi connectivity index (χ2n) is 7.28. The van der Waals surface area contributed by atoms with Crippen molar-refractivity contribution >= 4 is 21.9 Å². The van der Waals surface area contributed by atoms with E-state index in [4.69, 9.17) is 4.74 Å². The smallest absolute Gasteiger partial charge is 0.322 e. The molecule has 4 rings (SSSR count). The Labute approximate surface area is 118 Å². The van der Waals surface area contributed by atoms with E-state index in [2.05, 4.69) is 15.9 Å². The number of rotatable bonds is 3. The van der Waals surface area contributed by atoms with E-state index in [0.29, 0.717) is 5.41 Å². The van der Waals surface area contributed by atoms with Crippen LogP contribution in [0.2, 0.25) is 0 Å². The number of halogens is 1. The van der Waals surface area contributed by atoms with Crippen LogP contribution in [0, 0.1) is 23.2 Å². The van der Waals surface area contributed by atoms with Gasteiger partial charge in [0.2, 0.25) is 0 Å². The van der Waals surface area contributed by atoms with Crippen LogP contribution in [0.3, 0.4) is 0 Å². The predicted octanol–water partition coefficient (Wildman–Crippen LogP) is 3.92. The van der Waals surface area contributed by atoms with Gasteiger partial charge in [-0.25, -0.2) is 0 Å². The summed E-state index contributed by atoms with van der Waals surface area (Å²) in [4.78, 5) is 11.9. The second kappa shape index (κ2) is 4.22. The topological polar surface area (TPSA) is 26.3 Å². The molecule has 0 amide bonds. The van der Waals surface area contributed by atoms with Gasteiger partial charge in [0.15, 0.2) is 0 Å². The molecule has 0 heterocycles. The lowest BCUT2D eigenvalue weighted by atomic mass is 9.48. The summed E-state index contributed by atoms with van der Waals surface area (Å²) in [5, 5.41) is 0. The maximum atomic E-state index is 11.9. The molecule has 2 nitrogen and oxygen atoms in total. The molecule has 1 unspecified atom stereocenters. The Morgan fingerprint density at radius 1 is 1.22 bits per heavy atom. The van der Waals surface area contributed by atoms with Crippen LogP contribution in [-0.2, 0) is 9.53 Å². The van der Waals surface area contributed by atoms with Crippen molar-refractivity contribution in [3.8, 4) is 0 Å². The first-order chi connectivity index (χ1) is 8.42. The summed E-state index contributed by atoms with van der Waals surface area (Å²) in [5.74, 6) is 2.71. The molecule has 4 fully saturated rings. The summed E-state index contributed by atoms with van der Waals surface area (Å²) >= 11 is 3.62. The zero-order chi connectivity index (χ0) is 13.0. The quantitative estimate of drug-likeness (QED) is 0.583. The fourth-order valence-electron chi connectivity index (χ4n) is 5.50. The standard InChI is InChI=1S/C15H23BrO2/c1-14(16,13(17)18-2)9-15-6-10-3-11(7-15)5-12(4-10)8-15/h10-12H,3-9H2,1-2H3. The molecule has 102 valence electrons. The van der Waals surface area contributed by atoms with Crippen molar-refractivity contribution in [1.29, 1.82) is 0 Å². The molecular weight excluding hydrogens is 292 g/mol. The lowest BCUT2D eigenvalue weighted by Crippen LogP contribution is -2.49. The van der Waals surface area contributed by atoms with E-state index in [1.165, 1.54) is 45.6 Å². The van der Waals surface area contributed by atoms with Crippen LogP contribution in [0.5, 0.6) is 0 Å². The first-order valence-electron chi connectivity index (χ1n) is 7.20. The third kappa shape index (κ3) is 2.13. The Hall–Kier alpha value is -0.0500. The molecule has 4 bridgehead atoms. The summed E-state index contributed by atoms with van der Waals surface area (Å²) in [5.41, 5.74) is 0.418. The summed E-state index contributed by atoms with van der Waals surface area (Å²) in [7, 11) is 1.49. The Balaban J connectivity index is 1.78. The number of hydrogen-bond acceptors (Lipinski definition) is 2. The molecule has 3 heteroatoms. The van der Waals surface area contributed by atoms with Crippen molar-refractivity contribution in [3.05, 3.63) is 0 Å². The molecule has 4 saturated carbocycles. The molecule has 0 aromatic rings. The van der Waals surface area contributed by atoms with Crippen molar-refractivity contribution in [2.45, 2.75) is 56.2 Å². The van der Waals surface area contributed by atoms with E-state index in [0.717, 1.165) is 24.2 Å². The van der Waals surface area contributed by atoms with Gasteiger partial charge in [0.25, 0.3) is 0 Å². The van der Waals surface area contributed by atoms with Gasteiger partial charge in [-0.3, -0.25) is 4.79 Å². The Kier molecular flexibility index (Phi) is 3.04. The van der Waals surface area contributed by atoms with Gasteiger partial charge in [0.05, 0.1) is 7.11 Å². The molecule has 0 spiro atoms. The minimum atomic E-state index is -0.493. The van der Waals surface area contributed by atoms with Crippen molar-refractivity contribution in [1.82, 2.24) is 0 Å². The lowest BCUT2D eigenvalue weighted by Gasteiger charge is -2.58. The Morgan fingerprint density at radius 2 is 1.67 bits per heavy atom. The molecule has 0 N–H and O–H groups in total. The summed E-state index contributed by atoms with van der Waals surface area (Å²) in [6.45, 7) is 1.98. The molecule has 1 atom stereocenters. The Bertz CT molecular complexity index is 326. The fourth-order valence-corrected chi connectivity index (χ4v) is 6.25. The lowest BCUT2D eigenvalue weighted by molar-refractivity contribution is -0.145. The molecule has 0 aromatic heterocycles. The van der Waals surface area contributed by atoms with Crippen LogP contribution in [0.15, 0.2) is 0 Å². The highest BCUT2D eigenvalue weighted by Gasteiger charge is 2.53. The summed E-state index contributed by atoms with van der Waals surface area (Å²) in [6, 6.07) is 0. The summed E-state index contributed by atoms with van der Waals surface area (Å²) < 4.78 is 4.45. The number of ether oxygens (including phenoxy) is 1. The zero-order valence-corrected chi connectivity index (χ0v) is 13.0. The van der Waals surface area contributed by atoms with E-state index < -0.39 is 4.32 Å². The molecule has 4 aliphatic carbocycles. The van der Waals surface area contributed by atoms with Gasteiger partial charge in [-0.1, -0.05) is 15.9 Å². The van der Waals surface area contributed by atoms with Gasteiger partial charge in [0, 0.05) is 0 Å². The van der Waals surface area contributed by atoms with Crippen LogP contribution < -0.4 is 0 Å². The van der Waals surface area contributed by atoms with Crippen molar-refractivity contribution in [2.24, 2.45) is 23.2 Å². The highest BCUT2D eigenvalue weighted by Crippen LogP contribution is 2.62. The zero-order valence-electron chi connectivity index (χ0n) is 11.4. The second-order valence-corrected chi connectivity index (χ2v) is 9.03. The third-order valence-electron chi connectivity index (χ3n) is 5.48. The normalized spacial score (nSPS) is 44.7. The van der Waals surface area contributed by atoms with Crippen LogP contribution in [0.4, 0.5) is 0 Å². The van der Waals surface area contributed by atoms with E-state index in [1.807, 2.05) is 6.92 Å². The number of carbonyl (C=O) groups excluding carboxylic acids is 1. The van der Waals surface area contributed by atoms with Crippen LogP contribution in [-0.4, -0.2) is 17.4 Å². The molecule has 0 saturated heterocycles. The van der Waals surface area contributed by atoms with Gasteiger partial charge < -0.3 is 4.74 Å². The van der Waals surface area contributed by atoms with Crippen molar-refractivity contribution in [3.63, 3.8) is 0 Å². The number of hydrogen-bond donors (Lipinski definition) is 0. The average molecular weight is 315 g/mol. The minimum Gasteiger partial charge on any atom is -0.468 e. The highest BCUT2D eigenvalue weighted by molar-refractivity contribution is 9.10. The minimum absolute atomic E-state index is 0.113. The van der Waals surface area contributed by atoms with E-state index in [9.17, 15) is 4.79 Å². The van der Waals surface area contributed by atoms with Crippen molar-refractivity contribution in [2.75, 3.05) is 7.11 Å². The van der Waals surface area contributed by atoms with Crippen LogP contribution >= 0.6 is 15.9 Å². The summed E-state index contributed by atoms with van der Waals surface area (Å²) in [6.07, 6.45) is 9.35. The predicted molar refractivity (Wildman–Crippen MR) is 74.6 cm³/mol. The molecule has 4 aliphatic rings. The van der Waals surface area contributed by atoms with Crippen LogP contribution in [0.25, 0.3) is 0 Å². The first-order valence-corrected chi connectivity index (χ1v) is 7.99. The fraction of sp³-hybridized carbons (Fsp3) is 0.933. The average Bonchev–Trinajstić information content (AvgIpc) is 2.24. The third-order valence-corrected chi connectivity index (χ3v) is 6.09. The molecule has 18 heavy (non-hydrogen) atoms. The van der Waals surface area contributed by atoms with Gasteiger partial charge in [-0.15, -0.1) is 0 Å². The van der Waals surface area contributed by atoms with Gasteiger partial charge in [-0.05, 0) is 75.0 Å². The number of alkyl halides is 1. The van der Waals surface area contributed by atoms with Gasteiger partial charge >= 0.3 is 5.97 Å². The van der Waals surface area contributed by atoms with E-state index >= 15 is 0 Å². The monoisotopic (exact) mass is 314 g/mol. The molecule has 0 radical (unpaired) electrons. The van der Waals surface area contributed by atoms with Gasteiger partial charge in [-0.2, -0.15) is 0 Å². The molecule has 0 aliphatic heterocycles. The molecular formula is C15H23BrO2. The Morgan fingerprint density at radius 3 is 2.06 bits per heavy atom. The maximum Gasteiger partial charge on any atom is 0.322 e. The maximum absolute atomic E-state index is 11.9. The van der Waals surface area contributed by atoms with Crippen molar-refractivity contribution < 1.29 is 9.53 Å². The van der Waals surface area contributed by atoms with Gasteiger partial charge in [0.1, 0.15) is 4.32 Å². The number of carbonyl (C=O) groups is 1. The highest BCUT2D eigenvalue weighted by atomic mass is 79.9. The number of methoxy groups -OCH3 is 1. The molecule has 0 aromatic carbocycles. The van der Waals surface area contributed by atoms with E-state index in [1.54, 1.807) is 0 Å². The largest absolute Gasteiger partial charge is 0.468 e.